The molecule has 0 aliphatic rings. The molecule has 94 valence electrons. The normalized spacial score (nSPS) is 12.2. The highest BCUT2D eigenvalue weighted by Gasteiger charge is 2.19. The Kier molecular flexibility index (Phi) is 10.1. The lowest BCUT2D eigenvalue weighted by Crippen LogP contribution is -2.37. The molecule has 0 rings (SSSR count). The Morgan fingerprint density at radius 1 is 1.56 bits per heavy atom. The summed E-state index contributed by atoms with van der Waals surface area (Å²) in [4.78, 5) is 13.7. The van der Waals surface area contributed by atoms with Crippen LogP contribution >= 0.6 is 27.5 Å². The number of hydrogen-bond acceptors (Lipinski definition) is 1. The monoisotopic (exact) mass is 309 g/mol. The van der Waals surface area contributed by atoms with Gasteiger partial charge < -0.3 is 4.90 Å². The molecule has 0 spiro atoms. The summed E-state index contributed by atoms with van der Waals surface area (Å²) in [5.74, 6) is 0.620. The third kappa shape index (κ3) is 6.54. The van der Waals surface area contributed by atoms with Crippen molar-refractivity contribution in [3.05, 3.63) is 12.7 Å². The van der Waals surface area contributed by atoms with Crippen molar-refractivity contribution in [2.45, 2.75) is 37.4 Å². The van der Waals surface area contributed by atoms with Gasteiger partial charge in [-0.1, -0.05) is 41.8 Å². The minimum atomic E-state index is -0.161. The van der Waals surface area contributed by atoms with Crippen LogP contribution in [0.25, 0.3) is 0 Å². The Bertz CT molecular complexity index is 211. The fourth-order valence-corrected chi connectivity index (χ4v) is 2.42. The number of alkyl halides is 2. The first-order chi connectivity index (χ1) is 7.67. The van der Waals surface area contributed by atoms with E-state index in [9.17, 15) is 4.79 Å². The largest absolute Gasteiger partial charge is 0.338 e. The molecule has 1 unspecified atom stereocenters. The van der Waals surface area contributed by atoms with Gasteiger partial charge in [0.05, 0.1) is 4.83 Å². The molecule has 0 aromatic carbocycles. The first-order valence-electron chi connectivity index (χ1n) is 5.77. The van der Waals surface area contributed by atoms with Crippen molar-refractivity contribution >= 4 is 33.4 Å². The lowest BCUT2D eigenvalue weighted by Gasteiger charge is -2.23. The van der Waals surface area contributed by atoms with Crippen molar-refractivity contribution in [1.29, 1.82) is 0 Å². The molecule has 0 radical (unpaired) electrons. The van der Waals surface area contributed by atoms with Gasteiger partial charge in [-0.05, 0) is 12.8 Å². The number of halogens is 2. The molecule has 2 nitrogen and oxygen atoms in total. The predicted molar refractivity (Wildman–Crippen MR) is 74.4 cm³/mol. The van der Waals surface area contributed by atoms with Gasteiger partial charge in [-0.25, -0.2) is 0 Å². The number of unbranched alkanes of at least 4 members (excludes halogenated alkanes) is 2. The average molecular weight is 311 g/mol. The molecule has 0 heterocycles. The number of nitrogens with zero attached hydrogens (tertiary/aromatic N) is 1. The van der Waals surface area contributed by atoms with E-state index in [0.717, 1.165) is 25.8 Å². The molecule has 16 heavy (non-hydrogen) atoms. The molecular weight excluding hydrogens is 289 g/mol. The molecule has 4 heteroatoms. The summed E-state index contributed by atoms with van der Waals surface area (Å²) >= 11 is 9.00. The zero-order chi connectivity index (χ0) is 12.4. The topological polar surface area (TPSA) is 20.3 Å². The van der Waals surface area contributed by atoms with E-state index in [1.165, 1.54) is 0 Å². The molecule has 0 aliphatic heterocycles. The number of carbonyl (C=O) groups excluding carboxylic acids is 1. The van der Waals surface area contributed by atoms with Crippen LogP contribution in [0.15, 0.2) is 12.7 Å². The third-order valence-corrected chi connectivity index (χ3v) is 3.39. The number of rotatable bonds is 9. The summed E-state index contributed by atoms with van der Waals surface area (Å²) in [7, 11) is 0. The number of carbonyl (C=O) groups is 1. The molecular formula is C12H21BrClNO. The van der Waals surface area contributed by atoms with Crippen molar-refractivity contribution in [1.82, 2.24) is 4.90 Å². The SMILES string of the molecule is C=CCN(CCCCC)C(=O)C(Br)CCCl. The van der Waals surface area contributed by atoms with Gasteiger partial charge in [-0.15, -0.1) is 18.2 Å². The lowest BCUT2D eigenvalue weighted by molar-refractivity contribution is -0.130. The van der Waals surface area contributed by atoms with Crippen LogP contribution in [0.3, 0.4) is 0 Å². The van der Waals surface area contributed by atoms with Crippen LogP contribution in [-0.2, 0) is 4.79 Å². The van der Waals surface area contributed by atoms with E-state index >= 15 is 0 Å². The number of amides is 1. The maximum absolute atomic E-state index is 12.0. The van der Waals surface area contributed by atoms with Crippen LogP contribution in [0.5, 0.6) is 0 Å². The second-order valence-corrected chi connectivity index (χ2v) is 5.21. The highest BCUT2D eigenvalue weighted by molar-refractivity contribution is 9.10. The predicted octanol–water partition coefficient (Wildman–Crippen LogP) is 3.58. The van der Waals surface area contributed by atoms with Gasteiger partial charge in [0.2, 0.25) is 5.91 Å². The molecule has 0 fully saturated rings. The minimum absolute atomic E-state index is 0.122. The molecule has 0 aromatic rings. The van der Waals surface area contributed by atoms with Crippen LogP contribution in [0, 0.1) is 0 Å². The van der Waals surface area contributed by atoms with E-state index in [1.54, 1.807) is 6.08 Å². The number of hydrogen-bond donors (Lipinski definition) is 0. The van der Waals surface area contributed by atoms with Crippen molar-refractivity contribution in [3.8, 4) is 0 Å². The first kappa shape index (κ1) is 16.0. The van der Waals surface area contributed by atoms with Crippen LogP contribution in [-0.4, -0.2) is 34.6 Å². The molecule has 0 bridgehead atoms. The zero-order valence-electron chi connectivity index (χ0n) is 9.92. The molecule has 0 aromatic heterocycles. The Morgan fingerprint density at radius 2 is 2.25 bits per heavy atom. The smallest absolute Gasteiger partial charge is 0.236 e. The van der Waals surface area contributed by atoms with Gasteiger partial charge in [-0.3, -0.25) is 4.79 Å². The summed E-state index contributed by atoms with van der Waals surface area (Å²) in [6.07, 6.45) is 5.81. The molecule has 1 amide bonds. The molecule has 0 saturated heterocycles. The third-order valence-electron chi connectivity index (χ3n) is 2.32. The van der Waals surface area contributed by atoms with Crippen LogP contribution in [0.2, 0.25) is 0 Å². The first-order valence-corrected chi connectivity index (χ1v) is 7.22. The molecule has 0 saturated carbocycles. The molecule has 0 N–H and O–H groups in total. The van der Waals surface area contributed by atoms with Gasteiger partial charge in [0.1, 0.15) is 0 Å². The van der Waals surface area contributed by atoms with E-state index in [1.807, 2.05) is 4.90 Å². The van der Waals surface area contributed by atoms with Crippen molar-refractivity contribution < 1.29 is 4.79 Å². The Hall–Kier alpha value is -0.0200. The highest BCUT2D eigenvalue weighted by Crippen LogP contribution is 2.11. The Balaban J connectivity index is 4.16. The summed E-state index contributed by atoms with van der Waals surface area (Å²) < 4.78 is 0. The van der Waals surface area contributed by atoms with Crippen molar-refractivity contribution in [3.63, 3.8) is 0 Å². The maximum Gasteiger partial charge on any atom is 0.236 e. The van der Waals surface area contributed by atoms with Gasteiger partial charge in [-0.2, -0.15) is 0 Å². The van der Waals surface area contributed by atoms with E-state index < -0.39 is 0 Å². The summed E-state index contributed by atoms with van der Waals surface area (Å²) in [5.41, 5.74) is 0. The quantitative estimate of drug-likeness (QED) is 0.362. The lowest BCUT2D eigenvalue weighted by atomic mass is 10.2. The zero-order valence-corrected chi connectivity index (χ0v) is 12.3. The Morgan fingerprint density at radius 3 is 2.75 bits per heavy atom. The summed E-state index contributed by atoms with van der Waals surface area (Å²) in [6.45, 7) is 7.26. The summed E-state index contributed by atoms with van der Waals surface area (Å²) in [5, 5.41) is 0. The minimum Gasteiger partial charge on any atom is -0.338 e. The van der Waals surface area contributed by atoms with E-state index in [4.69, 9.17) is 11.6 Å². The van der Waals surface area contributed by atoms with E-state index in [-0.39, 0.29) is 10.7 Å². The van der Waals surface area contributed by atoms with Gasteiger partial charge >= 0.3 is 0 Å². The fraction of sp³-hybridized carbons (Fsp3) is 0.750. The molecule has 1 atom stereocenters. The molecule has 0 aliphatic carbocycles. The van der Waals surface area contributed by atoms with Crippen LogP contribution < -0.4 is 0 Å². The van der Waals surface area contributed by atoms with Crippen molar-refractivity contribution in [2.24, 2.45) is 0 Å². The van der Waals surface area contributed by atoms with Gasteiger partial charge in [0, 0.05) is 19.0 Å². The van der Waals surface area contributed by atoms with Crippen LogP contribution in [0.4, 0.5) is 0 Å². The van der Waals surface area contributed by atoms with Crippen molar-refractivity contribution in [2.75, 3.05) is 19.0 Å². The second kappa shape index (κ2) is 10.2. The van der Waals surface area contributed by atoms with E-state index in [2.05, 4.69) is 29.4 Å². The highest BCUT2D eigenvalue weighted by atomic mass is 79.9. The average Bonchev–Trinajstić information content (AvgIpc) is 2.27. The fourth-order valence-electron chi connectivity index (χ4n) is 1.42. The standard InChI is InChI=1S/C12H21BrClNO/c1-3-5-6-10-15(9-4-2)12(16)11(13)7-8-14/h4,11H,2-3,5-10H2,1H3. The maximum atomic E-state index is 12.0. The second-order valence-electron chi connectivity index (χ2n) is 3.73. The van der Waals surface area contributed by atoms with Gasteiger partial charge in [0.25, 0.3) is 0 Å². The van der Waals surface area contributed by atoms with Gasteiger partial charge in [0.15, 0.2) is 0 Å². The summed E-state index contributed by atoms with van der Waals surface area (Å²) in [6, 6.07) is 0. The van der Waals surface area contributed by atoms with E-state index in [0.29, 0.717) is 18.8 Å². The Labute approximate surface area is 112 Å². The van der Waals surface area contributed by atoms with Crippen LogP contribution in [0.1, 0.15) is 32.6 Å².